The van der Waals surface area contributed by atoms with Gasteiger partial charge in [0.25, 0.3) is 0 Å². The number of imide groups is 1. The van der Waals surface area contributed by atoms with Crippen molar-refractivity contribution in [3.8, 4) is 0 Å². The van der Waals surface area contributed by atoms with Crippen LogP contribution in [-0.2, 0) is 9.53 Å². The van der Waals surface area contributed by atoms with E-state index in [-0.39, 0.29) is 18.0 Å². The molecule has 8 heteroatoms. The second kappa shape index (κ2) is 7.90. The smallest absolute Gasteiger partial charge is 0.410 e. The lowest BCUT2D eigenvalue weighted by atomic mass is 10.0. The van der Waals surface area contributed by atoms with E-state index in [2.05, 4.69) is 22.1 Å². The number of anilines is 1. The lowest BCUT2D eigenvalue weighted by Gasteiger charge is -2.34. The number of ether oxygens (including phenoxy) is 1. The quantitative estimate of drug-likeness (QED) is 0.788. The molecule has 2 aromatic rings. The van der Waals surface area contributed by atoms with Gasteiger partial charge < -0.3 is 14.2 Å². The molecule has 2 saturated heterocycles. The zero-order chi connectivity index (χ0) is 22.3. The van der Waals surface area contributed by atoms with Crippen LogP contribution in [-0.4, -0.2) is 52.7 Å². The molecule has 31 heavy (non-hydrogen) atoms. The van der Waals surface area contributed by atoms with Gasteiger partial charge in [-0.2, -0.15) is 0 Å². The van der Waals surface area contributed by atoms with E-state index in [0.717, 1.165) is 35.0 Å². The third kappa shape index (κ3) is 4.38. The van der Waals surface area contributed by atoms with Gasteiger partial charge in [0, 0.05) is 49.4 Å². The van der Waals surface area contributed by atoms with Gasteiger partial charge in [-0.1, -0.05) is 0 Å². The Hall–Kier alpha value is -3.03. The van der Waals surface area contributed by atoms with Gasteiger partial charge in [0.05, 0.1) is 5.52 Å². The number of benzene rings is 1. The molecule has 8 nitrogen and oxygen atoms in total. The molecule has 4 amide bonds. The second-order valence-electron chi connectivity index (χ2n) is 9.38. The minimum atomic E-state index is -0.488. The maximum atomic E-state index is 12.3. The molecule has 0 radical (unpaired) electrons. The van der Waals surface area contributed by atoms with Crippen molar-refractivity contribution in [2.24, 2.45) is 0 Å². The van der Waals surface area contributed by atoms with Gasteiger partial charge in [0.15, 0.2) is 0 Å². The summed E-state index contributed by atoms with van der Waals surface area (Å²) in [5.41, 5.74) is 2.54. The number of hydrogen-bond acceptors (Lipinski definition) is 4. The first-order valence-electron chi connectivity index (χ1n) is 10.8. The summed E-state index contributed by atoms with van der Waals surface area (Å²) in [7, 11) is 0. The van der Waals surface area contributed by atoms with Crippen LogP contribution in [0.25, 0.3) is 10.9 Å². The number of aromatic nitrogens is 1. The maximum Gasteiger partial charge on any atom is 0.410 e. The molecule has 0 unspecified atom stereocenters. The Labute approximate surface area is 182 Å². The van der Waals surface area contributed by atoms with E-state index in [1.165, 1.54) is 0 Å². The first-order valence-corrected chi connectivity index (χ1v) is 10.8. The highest BCUT2D eigenvalue weighted by Crippen LogP contribution is 2.33. The van der Waals surface area contributed by atoms with E-state index in [1.807, 2.05) is 39.8 Å². The predicted molar refractivity (Wildman–Crippen MR) is 118 cm³/mol. The molecule has 0 spiro atoms. The third-order valence-electron chi connectivity index (χ3n) is 5.86. The molecule has 0 aliphatic carbocycles. The first kappa shape index (κ1) is 21.2. The van der Waals surface area contributed by atoms with Crippen LogP contribution >= 0.6 is 0 Å². The van der Waals surface area contributed by atoms with E-state index < -0.39 is 5.60 Å². The molecule has 0 saturated carbocycles. The standard InChI is InChI=1S/C23H30N4O4/c1-15-13-18(27-12-8-19(28)24-21(27)29)14-16-5-11-26(20(15)16)17-6-9-25(10-7-17)22(30)31-23(2,3)4/h5,11,13-14,17H,6-10,12H2,1-4H3,(H,24,28,29). The normalized spacial score (nSPS) is 18.5. The number of rotatable bonds is 2. The van der Waals surface area contributed by atoms with E-state index in [4.69, 9.17) is 4.74 Å². The summed E-state index contributed by atoms with van der Waals surface area (Å²) in [5.74, 6) is -0.233. The van der Waals surface area contributed by atoms with Crippen LogP contribution in [0.2, 0.25) is 0 Å². The van der Waals surface area contributed by atoms with Crippen molar-refractivity contribution in [3.63, 3.8) is 0 Å². The van der Waals surface area contributed by atoms with Gasteiger partial charge in [0.1, 0.15) is 5.60 Å². The fraction of sp³-hybridized carbons (Fsp3) is 0.522. The number of nitrogens with one attached hydrogen (secondary N) is 1. The summed E-state index contributed by atoms with van der Waals surface area (Å²) < 4.78 is 7.79. The lowest BCUT2D eigenvalue weighted by Crippen LogP contribution is -2.49. The summed E-state index contributed by atoms with van der Waals surface area (Å²) in [6, 6.07) is 6.01. The Morgan fingerprint density at radius 1 is 1.13 bits per heavy atom. The zero-order valence-electron chi connectivity index (χ0n) is 18.6. The minimum absolute atomic E-state index is 0.233. The van der Waals surface area contributed by atoms with Crippen LogP contribution < -0.4 is 10.2 Å². The molecule has 166 valence electrons. The topological polar surface area (TPSA) is 83.9 Å². The minimum Gasteiger partial charge on any atom is -0.444 e. The molecule has 2 aliphatic rings. The average molecular weight is 427 g/mol. The fourth-order valence-electron chi connectivity index (χ4n) is 4.43. The number of carbonyl (C=O) groups excluding carboxylic acids is 3. The lowest BCUT2D eigenvalue weighted by molar-refractivity contribution is -0.120. The van der Waals surface area contributed by atoms with Gasteiger partial charge in [-0.25, -0.2) is 9.59 Å². The van der Waals surface area contributed by atoms with Gasteiger partial charge in [-0.05, 0) is 64.3 Å². The molecule has 0 atom stereocenters. The Morgan fingerprint density at radius 3 is 2.48 bits per heavy atom. The van der Waals surface area contributed by atoms with Crippen molar-refractivity contribution in [2.75, 3.05) is 24.5 Å². The molecule has 1 aromatic heterocycles. The fourth-order valence-corrected chi connectivity index (χ4v) is 4.43. The van der Waals surface area contributed by atoms with Crippen molar-refractivity contribution in [3.05, 3.63) is 30.0 Å². The van der Waals surface area contributed by atoms with Gasteiger partial charge in [-0.15, -0.1) is 0 Å². The summed E-state index contributed by atoms with van der Waals surface area (Å²) in [5, 5.41) is 3.44. The van der Waals surface area contributed by atoms with Crippen LogP contribution in [0, 0.1) is 6.92 Å². The highest BCUT2D eigenvalue weighted by molar-refractivity contribution is 6.06. The van der Waals surface area contributed by atoms with E-state index >= 15 is 0 Å². The monoisotopic (exact) mass is 426 g/mol. The third-order valence-corrected chi connectivity index (χ3v) is 5.86. The van der Waals surface area contributed by atoms with Crippen LogP contribution in [0.1, 0.15) is 51.6 Å². The van der Waals surface area contributed by atoms with Crippen molar-refractivity contribution < 1.29 is 19.1 Å². The van der Waals surface area contributed by atoms with E-state index in [0.29, 0.717) is 32.1 Å². The molecule has 2 fully saturated rings. The number of urea groups is 1. The van der Waals surface area contributed by atoms with Gasteiger partial charge >= 0.3 is 12.1 Å². The Balaban J connectivity index is 1.51. The summed E-state index contributed by atoms with van der Waals surface area (Å²) >= 11 is 0. The molecule has 1 aromatic carbocycles. The number of piperidine rings is 1. The van der Waals surface area contributed by atoms with Crippen molar-refractivity contribution in [1.29, 1.82) is 0 Å². The summed E-state index contributed by atoms with van der Waals surface area (Å²) in [6.45, 7) is 9.41. The van der Waals surface area contributed by atoms with Crippen LogP contribution in [0.3, 0.4) is 0 Å². The van der Waals surface area contributed by atoms with Gasteiger partial charge in [0.2, 0.25) is 5.91 Å². The molecule has 0 bridgehead atoms. The van der Waals surface area contributed by atoms with Crippen molar-refractivity contribution in [1.82, 2.24) is 14.8 Å². The van der Waals surface area contributed by atoms with Crippen LogP contribution in [0.5, 0.6) is 0 Å². The number of aryl methyl sites for hydroxylation is 1. The van der Waals surface area contributed by atoms with E-state index in [9.17, 15) is 14.4 Å². The largest absolute Gasteiger partial charge is 0.444 e. The summed E-state index contributed by atoms with van der Waals surface area (Å²) in [6.07, 6.45) is 3.87. The predicted octanol–water partition coefficient (Wildman–Crippen LogP) is 3.97. The molecule has 2 aliphatic heterocycles. The second-order valence-corrected chi connectivity index (χ2v) is 9.38. The first-order chi connectivity index (χ1) is 14.6. The highest BCUT2D eigenvalue weighted by atomic mass is 16.6. The number of nitrogens with zero attached hydrogens (tertiary/aromatic N) is 3. The number of carbonyl (C=O) groups is 3. The molecular weight excluding hydrogens is 396 g/mol. The molecule has 1 N–H and O–H groups in total. The SMILES string of the molecule is Cc1cc(N2CCC(=O)NC2=O)cc2ccn(C3CCN(C(=O)OC(C)(C)C)CC3)c12. The average Bonchev–Trinajstić information content (AvgIpc) is 3.11. The molecule has 3 heterocycles. The van der Waals surface area contributed by atoms with Crippen molar-refractivity contribution >= 4 is 34.6 Å². The number of fused-ring (bicyclic) bond motifs is 1. The highest BCUT2D eigenvalue weighted by Gasteiger charge is 2.29. The zero-order valence-corrected chi connectivity index (χ0v) is 18.6. The number of hydrogen-bond donors (Lipinski definition) is 1. The van der Waals surface area contributed by atoms with Crippen LogP contribution in [0.4, 0.5) is 15.3 Å². The van der Waals surface area contributed by atoms with Crippen molar-refractivity contribution in [2.45, 2.75) is 58.6 Å². The number of amides is 4. The summed E-state index contributed by atoms with van der Waals surface area (Å²) in [4.78, 5) is 39.4. The number of likely N-dealkylation sites (tertiary alicyclic amines) is 1. The Morgan fingerprint density at radius 2 is 1.84 bits per heavy atom. The Kier molecular flexibility index (Phi) is 5.41. The molecular formula is C23H30N4O4. The molecule has 4 rings (SSSR count). The Bertz CT molecular complexity index is 1030. The van der Waals surface area contributed by atoms with Gasteiger partial charge in [-0.3, -0.25) is 15.0 Å². The van der Waals surface area contributed by atoms with Crippen LogP contribution in [0.15, 0.2) is 24.4 Å². The van der Waals surface area contributed by atoms with E-state index in [1.54, 1.807) is 9.80 Å². The maximum absolute atomic E-state index is 12.3.